The Morgan fingerprint density at radius 1 is 1.09 bits per heavy atom. The number of aromatic hydroxyl groups is 1. The summed E-state index contributed by atoms with van der Waals surface area (Å²) in [6, 6.07) is 11.6. The molecule has 5 heteroatoms. The molecule has 0 heterocycles. The predicted molar refractivity (Wildman–Crippen MR) is 80.4 cm³/mol. The number of aliphatic hydroxyl groups excluding tert-OH is 1. The molecule has 0 unspecified atom stereocenters. The molecule has 0 saturated heterocycles. The van der Waals surface area contributed by atoms with Crippen LogP contribution in [0.1, 0.15) is 24.5 Å². The highest BCUT2D eigenvalue weighted by Gasteiger charge is 2.28. The van der Waals surface area contributed by atoms with Gasteiger partial charge in [-0.2, -0.15) is 0 Å². The lowest BCUT2D eigenvalue weighted by Gasteiger charge is -2.33. The summed E-state index contributed by atoms with van der Waals surface area (Å²) in [6.45, 7) is 1.95. The van der Waals surface area contributed by atoms with E-state index in [1.807, 2.05) is 37.3 Å². The molecule has 0 bridgehead atoms. The largest absolute Gasteiger partial charge is 0.503 e. The summed E-state index contributed by atoms with van der Waals surface area (Å²) in [7, 11) is 0. The Morgan fingerprint density at radius 2 is 1.68 bits per heavy atom. The molecule has 2 rings (SSSR count). The third-order valence-electron chi connectivity index (χ3n) is 3.91. The van der Waals surface area contributed by atoms with E-state index in [-0.39, 0.29) is 13.2 Å². The molecule has 0 aliphatic carbocycles. The third-order valence-corrected chi connectivity index (χ3v) is 3.91. The Kier molecular flexibility index (Phi) is 5.11. The predicted octanol–water partition coefficient (Wildman–Crippen LogP) is 3.06. The molecule has 2 aromatic rings. The van der Waals surface area contributed by atoms with Crippen molar-refractivity contribution in [3.63, 3.8) is 0 Å². The van der Waals surface area contributed by atoms with E-state index in [1.54, 1.807) is 0 Å². The Morgan fingerprint density at radius 3 is 2.18 bits per heavy atom. The highest BCUT2D eigenvalue weighted by molar-refractivity contribution is 5.31. The number of rotatable bonds is 6. The number of aliphatic hydroxyl groups is 1. The van der Waals surface area contributed by atoms with Crippen LogP contribution in [0.15, 0.2) is 42.5 Å². The number of hydrogen-bond acceptors (Lipinski definition) is 3. The number of phenols is 1. The van der Waals surface area contributed by atoms with E-state index >= 15 is 0 Å². The molecule has 1 atom stereocenters. The molecule has 2 aromatic carbocycles. The van der Waals surface area contributed by atoms with Gasteiger partial charge in [0.15, 0.2) is 17.4 Å². The van der Waals surface area contributed by atoms with Gasteiger partial charge in [-0.25, -0.2) is 8.78 Å². The van der Waals surface area contributed by atoms with Gasteiger partial charge in [0.25, 0.3) is 0 Å². The van der Waals surface area contributed by atoms with Gasteiger partial charge in [-0.3, -0.25) is 0 Å². The van der Waals surface area contributed by atoms with Crippen LogP contribution in [0.3, 0.4) is 0 Å². The highest BCUT2D eigenvalue weighted by Crippen LogP contribution is 2.26. The van der Waals surface area contributed by atoms with Crippen molar-refractivity contribution >= 4 is 0 Å². The topological polar surface area (TPSA) is 52.5 Å². The van der Waals surface area contributed by atoms with Crippen LogP contribution in [0.4, 0.5) is 8.78 Å². The smallest absolute Gasteiger partial charge is 0.187 e. The summed E-state index contributed by atoms with van der Waals surface area (Å²) in [4.78, 5) is 0. The molecule has 0 amide bonds. The van der Waals surface area contributed by atoms with Crippen molar-refractivity contribution in [2.75, 3.05) is 6.61 Å². The Hall–Kier alpha value is -1.98. The molecule has 0 aromatic heterocycles. The quantitative estimate of drug-likeness (QED) is 0.769. The van der Waals surface area contributed by atoms with E-state index in [1.165, 1.54) is 0 Å². The minimum atomic E-state index is -0.998. The minimum absolute atomic E-state index is 0.142. The zero-order valence-corrected chi connectivity index (χ0v) is 12.3. The van der Waals surface area contributed by atoms with E-state index in [4.69, 9.17) is 5.11 Å². The first-order valence-corrected chi connectivity index (χ1v) is 7.10. The van der Waals surface area contributed by atoms with E-state index in [0.29, 0.717) is 12.0 Å². The standard InChI is InChI=1S/C17H19F2NO2/c1-2-17(11-21,13-6-4-3-5-7-13)20-10-12-8-14(18)16(22)15(19)9-12/h3-9,20-22H,2,10-11H2,1H3/t17-/m0/s1. The Bertz CT molecular complexity index is 605. The third kappa shape index (κ3) is 3.26. The van der Waals surface area contributed by atoms with Crippen molar-refractivity contribution in [1.29, 1.82) is 0 Å². The Labute approximate surface area is 128 Å². The van der Waals surface area contributed by atoms with Gasteiger partial charge in [-0.05, 0) is 29.7 Å². The highest BCUT2D eigenvalue weighted by atomic mass is 19.1. The van der Waals surface area contributed by atoms with Gasteiger partial charge in [0.1, 0.15) is 0 Å². The van der Waals surface area contributed by atoms with Crippen LogP contribution in [0.2, 0.25) is 0 Å². The van der Waals surface area contributed by atoms with Gasteiger partial charge in [0, 0.05) is 6.54 Å². The summed E-state index contributed by atoms with van der Waals surface area (Å²) >= 11 is 0. The van der Waals surface area contributed by atoms with Crippen molar-refractivity contribution in [3.8, 4) is 5.75 Å². The van der Waals surface area contributed by atoms with Crippen molar-refractivity contribution in [3.05, 3.63) is 65.2 Å². The second kappa shape index (κ2) is 6.85. The van der Waals surface area contributed by atoms with Gasteiger partial charge in [-0.1, -0.05) is 37.3 Å². The van der Waals surface area contributed by atoms with Crippen molar-refractivity contribution in [1.82, 2.24) is 5.32 Å². The molecule has 0 aliphatic rings. The lowest BCUT2D eigenvalue weighted by molar-refractivity contribution is 0.153. The fourth-order valence-electron chi connectivity index (χ4n) is 2.44. The molecule has 0 spiro atoms. The fraction of sp³-hybridized carbons (Fsp3) is 0.294. The van der Waals surface area contributed by atoms with Gasteiger partial charge in [-0.15, -0.1) is 0 Å². The molecule has 22 heavy (non-hydrogen) atoms. The first kappa shape index (κ1) is 16.4. The minimum Gasteiger partial charge on any atom is -0.503 e. The maximum atomic E-state index is 13.4. The first-order valence-electron chi connectivity index (χ1n) is 7.10. The first-order chi connectivity index (χ1) is 10.5. The number of nitrogens with one attached hydrogen (secondary N) is 1. The van der Waals surface area contributed by atoms with Gasteiger partial charge >= 0.3 is 0 Å². The molecular weight excluding hydrogens is 288 g/mol. The molecule has 0 fully saturated rings. The second-order valence-corrected chi connectivity index (χ2v) is 5.22. The number of hydrogen-bond donors (Lipinski definition) is 3. The maximum Gasteiger partial charge on any atom is 0.187 e. The molecule has 118 valence electrons. The van der Waals surface area contributed by atoms with Crippen LogP contribution in [-0.2, 0) is 12.1 Å². The van der Waals surface area contributed by atoms with Gasteiger partial charge in [0.2, 0.25) is 0 Å². The Balaban J connectivity index is 2.23. The number of halogens is 2. The molecule has 0 aliphatic heterocycles. The maximum absolute atomic E-state index is 13.4. The van der Waals surface area contributed by atoms with Crippen LogP contribution >= 0.6 is 0 Å². The van der Waals surface area contributed by atoms with Gasteiger partial charge < -0.3 is 15.5 Å². The lowest BCUT2D eigenvalue weighted by Crippen LogP contribution is -2.44. The summed E-state index contributed by atoms with van der Waals surface area (Å²) < 4.78 is 26.8. The zero-order chi connectivity index (χ0) is 16.2. The summed E-state index contributed by atoms with van der Waals surface area (Å²) in [5.41, 5.74) is 0.571. The molecule has 0 saturated carbocycles. The number of benzene rings is 2. The normalized spacial score (nSPS) is 13.8. The van der Waals surface area contributed by atoms with Crippen LogP contribution in [0, 0.1) is 11.6 Å². The van der Waals surface area contributed by atoms with Crippen molar-refractivity contribution in [2.24, 2.45) is 0 Å². The van der Waals surface area contributed by atoms with Crippen molar-refractivity contribution < 1.29 is 19.0 Å². The van der Waals surface area contributed by atoms with E-state index in [0.717, 1.165) is 17.7 Å². The average molecular weight is 307 g/mol. The molecule has 3 N–H and O–H groups in total. The lowest BCUT2D eigenvalue weighted by atomic mass is 9.87. The monoisotopic (exact) mass is 307 g/mol. The summed E-state index contributed by atoms with van der Waals surface area (Å²) in [6.07, 6.45) is 0.608. The zero-order valence-electron chi connectivity index (χ0n) is 12.3. The number of phenolic OH excluding ortho intramolecular Hbond substituents is 1. The van der Waals surface area contributed by atoms with Crippen molar-refractivity contribution in [2.45, 2.75) is 25.4 Å². The van der Waals surface area contributed by atoms with Crippen LogP contribution in [0.25, 0.3) is 0 Å². The second-order valence-electron chi connectivity index (χ2n) is 5.22. The van der Waals surface area contributed by atoms with Crippen LogP contribution in [-0.4, -0.2) is 16.8 Å². The fourth-order valence-corrected chi connectivity index (χ4v) is 2.44. The van der Waals surface area contributed by atoms with E-state index in [2.05, 4.69) is 5.32 Å². The molecule has 0 radical (unpaired) electrons. The van der Waals surface area contributed by atoms with E-state index < -0.39 is 22.9 Å². The van der Waals surface area contributed by atoms with Gasteiger partial charge in [0.05, 0.1) is 12.1 Å². The molecule has 3 nitrogen and oxygen atoms in total. The molecular formula is C17H19F2NO2. The van der Waals surface area contributed by atoms with E-state index in [9.17, 15) is 13.9 Å². The summed E-state index contributed by atoms with van der Waals surface area (Å²) in [5.74, 6) is -2.97. The summed E-state index contributed by atoms with van der Waals surface area (Å²) in [5, 5.41) is 22.1. The average Bonchev–Trinajstić information content (AvgIpc) is 2.55. The van der Waals surface area contributed by atoms with Crippen LogP contribution < -0.4 is 5.32 Å². The van der Waals surface area contributed by atoms with Crippen LogP contribution in [0.5, 0.6) is 5.75 Å². The SMILES string of the molecule is CC[C@@](CO)(NCc1cc(F)c(O)c(F)c1)c1ccccc1.